The number of ketones is 1. The molecule has 10 heavy (non-hydrogen) atoms. The minimum absolute atomic E-state index is 0.431. The molecule has 0 fully saturated rings. The number of hydrogen-bond acceptors (Lipinski definition) is 2. The zero-order valence-electron chi connectivity index (χ0n) is 5.74. The van der Waals surface area contributed by atoms with Crippen molar-refractivity contribution in [3.05, 3.63) is 24.9 Å². The van der Waals surface area contributed by atoms with Crippen LogP contribution < -0.4 is 0 Å². The summed E-state index contributed by atoms with van der Waals surface area (Å²) in [5.41, 5.74) is 0.460. The largest absolute Gasteiger partial charge is 0.294 e. The number of aryl methyl sites for hydroxylation is 1. The number of rotatable bonds is 2. The van der Waals surface area contributed by atoms with Crippen molar-refractivity contribution in [1.29, 1.82) is 0 Å². The van der Waals surface area contributed by atoms with Gasteiger partial charge in [0.15, 0.2) is 5.78 Å². The zero-order valence-corrected chi connectivity index (χ0v) is 5.74. The van der Waals surface area contributed by atoms with Gasteiger partial charge in [-0.15, -0.1) is 0 Å². The minimum Gasteiger partial charge on any atom is -0.294 e. The van der Waals surface area contributed by atoms with Gasteiger partial charge in [0.25, 0.3) is 0 Å². The molecule has 0 saturated carbocycles. The van der Waals surface area contributed by atoms with E-state index in [1.54, 1.807) is 10.9 Å². The topological polar surface area (TPSA) is 34.9 Å². The van der Waals surface area contributed by atoms with Gasteiger partial charge in [-0.3, -0.25) is 9.48 Å². The van der Waals surface area contributed by atoms with E-state index in [1.807, 2.05) is 6.92 Å². The molecule has 1 aromatic heterocycles. The lowest BCUT2D eigenvalue weighted by molar-refractivity contribution is 0.104. The van der Waals surface area contributed by atoms with E-state index in [0.29, 0.717) is 5.56 Å². The molecule has 0 unspecified atom stereocenters. The number of aromatic nitrogens is 2. The van der Waals surface area contributed by atoms with Gasteiger partial charge >= 0.3 is 0 Å². The number of carbonyl (C=O) groups excluding carboxylic acids is 1. The highest BCUT2D eigenvalue weighted by Gasteiger charge is 2.00. The van der Waals surface area contributed by atoms with Crippen molar-refractivity contribution in [2.45, 2.75) is 13.5 Å². The van der Waals surface area contributed by atoms with Crippen LogP contribution in [0.4, 0.5) is 0 Å². The first-order valence-electron chi connectivity index (χ1n) is 3.06. The number of hydrogen-bond donors (Lipinski definition) is 0. The van der Waals surface area contributed by atoms with E-state index in [1.165, 1.54) is 6.20 Å². The second-order valence-electron chi connectivity index (χ2n) is 1.95. The third-order valence-electron chi connectivity index (χ3n) is 1.24. The van der Waals surface area contributed by atoms with Gasteiger partial charge in [0.2, 0.25) is 0 Å². The molecule has 0 spiro atoms. The van der Waals surface area contributed by atoms with Gasteiger partial charge < -0.3 is 0 Å². The Morgan fingerprint density at radius 2 is 2.60 bits per heavy atom. The molecule has 52 valence electrons. The molecule has 0 aliphatic carbocycles. The Morgan fingerprint density at radius 3 is 2.90 bits per heavy atom. The standard InChI is InChI=1S/C7H8N2O/c1-3-9-5-7(4-8-9)6(2)10/h2,4-5H,3H2,1H3. The summed E-state index contributed by atoms with van der Waals surface area (Å²) in [6, 6.07) is 0. The summed E-state index contributed by atoms with van der Waals surface area (Å²) >= 11 is 0. The molecule has 0 atom stereocenters. The van der Waals surface area contributed by atoms with E-state index in [0.717, 1.165) is 6.54 Å². The van der Waals surface area contributed by atoms with E-state index in [2.05, 4.69) is 5.10 Å². The highest BCUT2D eigenvalue weighted by atomic mass is 16.1. The van der Waals surface area contributed by atoms with Gasteiger partial charge in [-0.25, -0.2) is 0 Å². The highest BCUT2D eigenvalue weighted by molar-refractivity contribution is 5.98. The van der Waals surface area contributed by atoms with Crippen LogP contribution in [0.25, 0.3) is 0 Å². The summed E-state index contributed by atoms with van der Waals surface area (Å²) in [6.07, 6.45) is 3.09. The van der Waals surface area contributed by atoms with Crippen molar-refractivity contribution >= 4 is 5.78 Å². The summed E-state index contributed by atoms with van der Waals surface area (Å²) in [7, 11) is 0. The van der Waals surface area contributed by atoms with E-state index >= 15 is 0 Å². The number of Topliss-reactive ketones (excluding diaryl/α,β-unsaturated/α-hetero) is 1. The molecule has 0 aliphatic rings. The minimum atomic E-state index is -0.431. The molecular weight excluding hydrogens is 128 g/mol. The van der Waals surface area contributed by atoms with Gasteiger partial charge in [-0.05, 0) is 6.92 Å². The van der Waals surface area contributed by atoms with Crippen molar-refractivity contribution < 1.29 is 4.79 Å². The smallest absolute Gasteiger partial charge is 0.170 e. The molecule has 0 amide bonds. The Hall–Kier alpha value is -1.12. The average molecular weight is 136 g/mol. The fourth-order valence-electron chi connectivity index (χ4n) is 0.664. The van der Waals surface area contributed by atoms with Crippen LogP contribution in [0.15, 0.2) is 12.4 Å². The summed E-state index contributed by atoms with van der Waals surface area (Å²) < 4.78 is 1.65. The SMILES string of the molecule is [CH]C(=O)c1cnn(CC)c1. The molecular formula is C7H8N2O. The Bertz CT molecular complexity index is 240. The predicted molar refractivity (Wildman–Crippen MR) is 36.5 cm³/mol. The first kappa shape index (κ1) is 6.99. The Balaban J connectivity index is 2.88. The molecule has 0 aliphatic heterocycles. The summed E-state index contributed by atoms with van der Waals surface area (Å²) in [5, 5.41) is 3.87. The number of nitrogens with zero attached hydrogens (tertiary/aromatic N) is 2. The normalized spacial score (nSPS) is 9.80. The van der Waals surface area contributed by atoms with Gasteiger partial charge in [0.05, 0.1) is 11.8 Å². The highest BCUT2D eigenvalue weighted by Crippen LogP contribution is 1.97. The van der Waals surface area contributed by atoms with Crippen molar-refractivity contribution in [1.82, 2.24) is 9.78 Å². The van der Waals surface area contributed by atoms with Crippen LogP contribution in [0.5, 0.6) is 0 Å². The Labute approximate surface area is 59.7 Å². The molecule has 3 nitrogen and oxygen atoms in total. The Kier molecular flexibility index (Phi) is 1.85. The molecule has 1 heterocycles. The summed E-state index contributed by atoms with van der Waals surface area (Å²) in [5.74, 6) is -0.431. The van der Waals surface area contributed by atoms with Crippen LogP contribution in [0.1, 0.15) is 17.3 Å². The van der Waals surface area contributed by atoms with E-state index in [4.69, 9.17) is 6.92 Å². The molecule has 1 rings (SSSR count). The van der Waals surface area contributed by atoms with Crippen molar-refractivity contribution in [2.24, 2.45) is 0 Å². The lowest BCUT2D eigenvalue weighted by Gasteiger charge is -1.89. The van der Waals surface area contributed by atoms with Gasteiger partial charge in [0.1, 0.15) is 0 Å². The molecule has 1 aromatic rings. The van der Waals surface area contributed by atoms with Gasteiger partial charge in [-0.1, -0.05) is 0 Å². The molecule has 0 aromatic carbocycles. The van der Waals surface area contributed by atoms with E-state index in [-0.39, 0.29) is 0 Å². The third kappa shape index (κ3) is 1.23. The number of carbonyl (C=O) groups is 1. The molecule has 2 radical (unpaired) electrons. The lowest BCUT2D eigenvalue weighted by atomic mass is 10.3. The molecule has 0 N–H and O–H groups in total. The summed E-state index contributed by atoms with van der Waals surface area (Å²) in [6.45, 7) is 7.69. The summed E-state index contributed by atoms with van der Waals surface area (Å²) in [4.78, 5) is 10.5. The molecule has 3 heteroatoms. The van der Waals surface area contributed by atoms with Crippen molar-refractivity contribution in [3.63, 3.8) is 0 Å². The van der Waals surface area contributed by atoms with Crippen LogP contribution in [0.2, 0.25) is 0 Å². The second-order valence-corrected chi connectivity index (χ2v) is 1.95. The van der Waals surface area contributed by atoms with E-state index < -0.39 is 5.78 Å². The van der Waals surface area contributed by atoms with Crippen molar-refractivity contribution in [2.75, 3.05) is 0 Å². The zero-order chi connectivity index (χ0) is 7.56. The monoisotopic (exact) mass is 136 g/mol. The third-order valence-corrected chi connectivity index (χ3v) is 1.24. The first-order chi connectivity index (χ1) is 4.74. The van der Waals surface area contributed by atoms with Crippen LogP contribution in [-0.2, 0) is 6.54 Å². The maximum absolute atomic E-state index is 10.5. The molecule has 0 bridgehead atoms. The van der Waals surface area contributed by atoms with Crippen LogP contribution in [0, 0.1) is 6.92 Å². The van der Waals surface area contributed by atoms with Gasteiger partial charge in [0, 0.05) is 19.7 Å². The maximum atomic E-state index is 10.5. The fourth-order valence-corrected chi connectivity index (χ4v) is 0.664. The quantitative estimate of drug-likeness (QED) is 0.563. The maximum Gasteiger partial charge on any atom is 0.170 e. The van der Waals surface area contributed by atoms with E-state index in [9.17, 15) is 4.79 Å². The van der Waals surface area contributed by atoms with Crippen LogP contribution >= 0.6 is 0 Å². The second kappa shape index (κ2) is 2.64. The van der Waals surface area contributed by atoms with Crippen molar-refractivity contribution in [3.8, 4) is 0 Å². The van der Waals surface area contributed by atoms with Crippen LogP contribution in [-0.4, -0.2) is 15.6 Å². The van der Waals surface area contributed by atoms with Gasteiger partial charge in [-0.2, -0.15) is 5.10 Å². The Morgan fingerprint density at radius 1 is 1.90 bits per heavy atom. The first-order valence-corrected chi connectivity index (χ1v) is 3.06. The molecule has 0 saturated heterocycles. The average Bonchev–Trinajstić information content (AvgIpc) is 2.34. The fraction of sp³-hybridized carbons (Fsp3) is 0.286. The lowest BCUT2D eigenvalue weighted by Crippen LogP contribution is -1.93. The predicted octanol–water partition coefficient (Wildman–Crippen LogP) is 0.797. The van der Waals surface area contributed by atoms with Crippen LogP contribution in [0.3, 0.4) is 0 Å².